The molecular formula is C83H94Cl4N10O12S2. The van der Waals surface area contributed by atoms with Gasteiger partial charge >= 0.3 is 0 Å². The van der Waals surface area contributed by atoms with E-state index in [0.29, 0.717) is 106 Å². The molecule has 3 aliphatic rings. The van der Waals surface area contributed by atoms with Crippen LogP contribution in [0.15, 0.2) is 127 Å². The molecular weight excluding hydrogens is 1530 g/mol. The van der Waals surface area contributed by atoms with Gasteiger partial charge in [-0.15, -0.1) is 0 Å². The summed E-state index contributed by atoms with van der Waals surface area (Å²) >= 11 is 26.6. The van der Waals surface area contributed by atoms with Gasteiger partial charge in [-0.3, -0.25) is 33.5 Å². The topological polar surface area (TPSA) is 281 Å². The minimum absolute atomic E-state index is 0.107. The summed E-state index contributed by atoms with van der Waals surface area (Å²) in [5.74, 6) is -1.37. The average Bonchev–Trinajstić information content (AvgIpc) is 1.61. The van der Waals surface area contributed by atoms with Crippen LogP contribution in [0.1, 0.15) is 186 Å². The number of carbonyl (C=O) groups excluding carboxylic acids is 4. The summed E-state index contributed by atoms with van der Waals surface area (Å²) in [4.78, 5) is 60.3. The Bertz CT molecular complexity index is 5330. The average molecular weight is 1630 g/mol. The molecule has 111 heavy (non-hydrogen) atoms. The third-order valence-electron chi connectivity index (χ3n) is 20.5. The number of fused-ring (bicyclic) bond motifs is 2. The Morgan fingerprint density at radius 1 is 0.523 bits per heavy atom. The number of allylic oxidation sites excluding steroid dienone is 2. The summed E-state index contributed by atoms with van der Waals surface area (Å²) in [5.41, 5.74) is 16.4. The molecule has 9 aromatic rings. The van der Waals surface area contributed by atoms with Crippen LogP contribution >= 0.6 is 46.4 Å². The molecule has 0 saturated carbocycles. The van der Waals surface area contributed by atoms with E-state index >= 15 is 0 Å². The van der Waals surface area contributed by atoms with Gasteiger partial charge in [0.2, 0.25) is 10.2 Å². The summed E-state index contributed by atoms with van der Waals surface area (Å²) in [6.07, 6.45) is 7.30. The Balaban J connectivity index is 0.000000220. The highest BCUT2D eigenvalue weighted by Crippen LogP contribution is 2.48. The number of benzene rings is 4. The molecule has 6 heterocycles. The molecule has 4 N–H and O–H groups in total. The van der Waals surface area contributed by atoms with E-state index in [2.05, 4.69) is 71.5 Å². The number of halogens is 4. The quantitative estimate of drug-likeness (QED) is 0.0348. The second-order valence-corrected chi connectivity index (χ2v) is 34.2. The van der Waals surface area contributed by atoms with E-state index in [1.807, 2.05) is 107 Å². The minimum Gasteiger partial charge on any atom is -0.494 e. The number of rotatable bonds is 27. The van der Waals surface area contributed by atoms with Crippen LogP contribution in [0.25, 0.3) is 33.4 Å². The highest BCUT2D eigenvalue weighted by molar-refractivity contribution is 7.90. The summed E-state index contributed by atoms with van der Waals surface area (Å²) in [6.45, 7) is 31.4. The predicted octanol–water partition coefficient (Wildman–Crippen LogP) is 17.1. The molecule has 0 radical (unpaired) electrons. The fourth-order valence-electron chi connectivity index (χ4n) is 14.9. The molecule has 2 aliphatic carbocycles. The molecule has 4 amide bonds. The molecule has 0 atom stereocenters. The van der Waals surface area contributed by atoms with E-state index in [1.54, 1.807) is 30.6 Å². The van der Waals surface area contributed by atoms with Gasteiger partial charge < -0.3 is 33.8 Å². The summed E-state index contributed by atoms with van der Waals surface area (Å²) < 4.78 is 85.9. The molecule has 1 saturated heterocycles. The lowest BCUT2D eigenvalue weighted by Gasteiger charge is -2.34. The van der Waals surface area contributed by atoms with Gasteiger partial charge in [0.15, 0.2) is 11.5 Å². The van der Waals surface area contributed by atoms with Crippen molar-refractivity contribution >= 4 is 101 Å². The van der Waals surface area contributed by atoms with E-state index in [-0.39, 0.29) is 48.6 Å². The van der Waals surface area contributed by atoms with Crippen LogP contribution in [0.5, 0.6) is 11.5 Å². The lowest BCUT2D eigenvalue weighted by Crippen LogP contribution is -2.41. The third-order valence-corrected chi connectivity index (χ3v) is 24.7. The Labute approximate surface area is 669 Å². The lowest BCUT2D eigenvalue weighted by molar-refractivity contribution is -0.116. The van der Waals surface area contributed by atoms with Crippen molar-refractivity contribution in [3.8, 4) is 33.8 Å². The maximum Gasteiger partial charge on any atom is 0.297 e. The Morgan fingerprint density at radius 2 is 0.928 bits per heavy atom. The van der Waals surface area contributed by atoms with Gasteiger partial charge in [-0.05, 0) is 288 Å². The van der Waals surface area contributed by atoms with Crippen molar-refractivity contribution in [3.05, 3.63) is 213 Å². The summed E-state index contributed by atoms with van der Waals surface area (Å²) in [7, 11) is -9.01. The van der Waals surface area contributed by atoms with Crippen molar-refractivity contribution in [2.75, 3.05) is 32.8 Å². The standard InChI is InChI=1S/C43H53Cl2N5O6S.C40H41Cl2N5O6S/c1-24(2)49-17-15-30(16-18-49)23-46-43(52)37-13-14-38(56-37)57(53,54)48-42(51)35-22-34-33(32(35)10-9-19-55-31-20-26(5)41(45)27(6)21-31)11-12-36(44)40(34)39-28(7)47-50(25(3)4)29(39)8;1-22(2)47-26(6)36(25(5)45-47)37-31-20-32(29(30(31)9-10-33(37)41)8-7-17-52-28-18-23(3)38(42)24(4)19-28)39(48)46-54(50,51)35-12-11-34(53-35)40(49)44-21-27-13-15-43-16-14-27/h11-14,20-21,24-25,30H,9-10,15-19,22-23H2,1-8H3,(H,46,52)(H,48,51);9-16,18-19,22H,7-8,17,20-21H2,1-6H3,(H,44,49)(H,46,48). The van der Waals surface area contributed by atoms with E-state index in [9.17, 15) is 36.0 Å². The van der Waals surface area contributed by atoms with E-state index in [0.717, 1.165) is 127 Å². The molecule has 4 aromatic carbocycles. The van der Waals surface area contributed by atoms with Crippen LogP contribution in [0.2, 0.25) is 20.1 Å². The van der Waals surface area contributed by atoms with Crippen molar-refractivity contribution in [2.45, 2.75) is 183 Å². The molecule has 1 aliphatic heterocycles. The highest BCUT2D eigenvalue weighted by atomic mass is 35.5. The van der Waals surface area contributed by atoms with Crippen LogP contribution in [-0.4, -0.2) is 109 Å². The Morgan fingerprint density at radius 3 is 1.32 bits per heavy atom. The van der Waals surface area contributed by atoms with E-state index in [4.69, 9.17) is 74.9 Å². The zero-order valence-electron chi connectivity index (χ0n) is 64.9. The number of hydrogen-bond donors (Lipinski definition) is 4. The SMILES string of the molecule is Cc1cc(OCCCC2=C(C(=O)NS(=O)(=O)c3ccc(C(=O)NCC4CCN(C(C)C)CC4)o3)Cc3c2ccc(Cl)c3-c2c(C)nn(C(C)C)c2C)cc(C)c1Cl.Cc1cc(OCCCC2=C(C(=O)NS(=O)(=O)c3ccc(C(=O)NCc4ccncc4)o3)Cc3c2ccc(Cl)c3-c2c(C)nn(C(C)C)c2C)cc(C)c1Cl. The third kappa shape index (κ3) is 18.5. The second kappa shape index (κ2) is 34.9. The fourth-order valence-corrected chi connectivity index (χ4v) is 17.5. The first-order chi connectivity index (χ1) is 52.6. The molecule has 12 rings (SSSR count). The number of aromatic nitrogens is 5. The van der Waals surface area contributed by atoms with E-state index < -0.39 is 53.9 Å². The normalized spacial score (nSPS) is 14.0. The number of nitrogens with zero attached hydrogens (tertiary/aromatic N) is 6. The van der Waals surface area contributed by atoms with E-state index in [1.165, 1.54) is 18.2 Å². The highest BCUT2D eigenvalue weighted by Gasteiger charge is 2.37. The number of amides is 4. The van der Waals surface area contributed by atoms with Gasteiger partial charge in [0.1, 0.15) is 11.5 Å². The first-order valence-corrected chi connectivity index (χ1v) is 41.6. The fraction of sp³-hybridized carbons (Fsp3) is 0.386. The predicted molar refractivity (Wildman–Crippen MR) is 433 cm³/mol. The second-order valence-electron chi connectivity index (χ2n) is 29.4. The van der Waals surface area contributed by atoms with Crippen molar-refractivity contribution in [3.63, 3.8) is 0 Å². The van der Waals surface area contributed by atoms with Crippen LogP contribution in [0, 0.1) is 61.3 Å². The van der Waals surface area contributed by atoms with Gasteiger partial charge in [0, 0.05) is 121 Å². The van der Waals surface area contributed by atoms with Gasteiger partial charge in [-0.25, -0.2) is 9.44 Å². The Kier molecular flexibility index (Phi) is 26.1. The number of sulfonamides is 2. The van der Waals surface area contributed by atoms with Crippen molar-refractivity contribution < 1.29 is 54.3 Å². The molecule has 5 aromatic heterocycles. The van der Waals surface area contributed by atoms with Crippen LogP contribution in [0.3, 0.4) is 0 Å². The van der Waals surface area contributed by atoms with Crippen LogP contribution in [-0.2, 0) is 49.0 Å². The maximum absolute atomic E-state index is 14.2. The number of furan rings is 2. The monoisotopic (exact) mass is 1630 g/mol. The zero-order valence-corrected chi connectivity index (χ0v) is 69.5. The molecule has 28 heteroatoms. The maximum atomic E-state index is 14.2. The minimum atomic E-state index is -4.51. The molecule has 1 fully saturated rings. The van der Waals surface area contributed by atoms with Crippen molar-refractivity contribution in [1.29, 1.82) is 0 Å². The zero-order chi connectivity index (χ0) is 80.2. The number of likely N-dealkylation sites (tertiary alicyclic amines) is 1. The number of hydrogen-bond acceptors (Lipinski definition) is 16. The number of carbonyl (C=O) groups is 4. The summed E-state index contributed by atoms with van der Waals surface area (Å²) in [5, 5.41) is 16.4. The van der Waals surface area contributed by atoms with Crippen LogP contribution < -0.4 is 29.6 Å². The van der Waals surface area contributed by atoms with Gasteiger partial charge in [0.05, 0.1) is 24.6 Å². The number of aryl methyl sites for hydroxylation is 6. The van der Waals surface area contributed by atoms with Crippen molar-refractivity contribution in [2.24, 2.45) is 5.92 Å². The number of piperidine rings is 1. The lowest BCUT2D eigenvalue weighted by atomic mass is 9.93. The van der Waals surface area contributed by atoms with Crippen molar-refractivity contribution in [1.82, 2.24) is 49.5 Å². The number of ether oxygens (including phenoxy) is 2. The first kappa shape index (κ1) is 82.9. The number of pyridine rings is 1. The molecule has 588 valence electrons. The largest absolute Gasteiger partial charge is 0.494 e. The molecule has 0 bridgehead atoms. The van der Waals surface area contributed by atoms with Crippen LogP contribution in [0.4, 0.5) is 0 Å². The Hall–Kier alpha value is -9.01. The molecule has 22 nitrogen and oxygen atoms in total. The molecule has 0 unspecified atom stereocenters. The summed E-state index contributed by atoms with van der Waals surface area (Å²) in [6, 6.07) is 24.0. The van der Waals surface area contributed by atoms with Gasteiger partial charge in [-0.2, -0.15) is 27.0 Å². The molecule has 0 spiro atoms. The van der Waals surface area contributed by atoms with Gasteiger partial charge in [-0.1, -0.05) is 58.5 Å². The first-order valence-electron chi connectivity index (χ1n) is 37.1. The number of nitrogens with one attached hydrogen (secondary N) is 4. The van der Waals surface area contributed by atoms with Gasteiger partial charge in [0.25, 0.3) is 43.7 Å². The smallest absolute Gasteiger partial charge is 0.297 e.